The molecule has 1 N–H and O–H groups in total. The summed E-state index contributed by atoms with van der Waals surface area (Å²) in [5.74, 6) is -1.18. The van der Waals surface area contributed by atoms with Crippen molar-refractivity contribution in [2.45, 2.75) is 6.18 Å². The molecule has 0 unspecified atom stereocenters. The van der Waals surface area contributed by atoms with Gasteiger partial charge >= 0.3 is 6.18 Å². The number of hydrogen-bond donors (Lipinski definition) is 1. The molecule has 0 saturated heterocycles. The van der Waals surface area contributed by atoms with Gasteiger partial charge in [-0.25, -0.2) is 0 Å². The molecule has 0 radical (unpaired) electrons. The smallest absolute Gasteiger partial charge is 0.449 e. The van der Waals surface area contributed by atoms with E-state index in [0.29, 0.717) is 5.39 Å². The van der Waals surface area contributed by atoms with Gasteiger partial charge in [0.2, 0.25) is 5.76 Å². The number of alkyl halides is 3. The average Bonchev–Trinajstić information content (AvgIpc) is 2.45. The third kappa shape index (κ3) is 1.41. The molecule has 0 amide bonds. The van der Waals surface area contributed by atoms with Gasteiger partial charge in [-0.2, -0.15) is 13.2 Å². The fourth-order valence-corrected chi connectivity index (χ4v) is 1.16. The van der Waals surface area contributed by atoms with Gasteiger partial charge < -0.3 is 9.52 Å². The minimum absolute atomic E-state index is 0.0253. The van der Waals surface area contributed by atoms with Gasteiger partial charge in [0, 0.05) is 11.5 Å². The van der Waals surface area contributed by atoms with Gasteiger partial charge in [-0.3, -0.25) is 0 Å². The van der Waals surface area contributed by atoms with Gasteiger partial charge in [0.15, 0.2) is 0 Å². The van der Waals surface area contributed by atoms with Crippen molar-refractivity contribution in [2.24, 2.45) is 0 Å². The maximum Gasteiger partial charge on any atom is 0.449 e. The molecule has 2 rings (SSSR count). The van der Waals surface area contributed by atoms with Crippen molar-refractivity contribution >= 4 is 11.0 Å². The maximum absolute atomic E-state index is 12.2. The van der Waals surface area contributed by atoms with Crippen LogP contribution in [0, 0.1) is 0 Å². The third-order valence-electron chi connectivity index (χ3n) is 1.78. The monoisotopic (exact) mass is 202 g/mol. The van der Waals surface area contributed by atoms with Crippen molar-refractivity contribution in [1.29, 1.82) is 0 Å². The van der Waals surface area contributed by atoms with Crippen molar-refractivity contribution in [2.75, 3.05) is 0 Å². The zero-order valence-electron chi connectivity index (χ0n) is 6.80. The molecule has 0 aliphatic heterocycles. The van der Waals surface area contributed by atoms with E-state index >= 15 is 0 Å². The van der Waals surface area contributed by atoms with Gasteiger partial charge in [0.05, 0.1) is 0 Å². The average molecular weight is 202 g/mol. The summed E-state index contributed by atoms with van der Waals surface area (Å²) in [6, 6.07) is 4.71. The first-order valence-electron chi connectivity index (χ1n) is 3.76. The molecular weight excluding hydrogens is 197 g/mol. The minimum atomic E-state index is -4.49. The summed E-state index contributed by atoms with van der Waals surface area (Å²) in [6.07, 6.45) is -4.49. The molecule has 0 aliphatic rings. The van der Waals surface area contributed by atoms with E-state index in [0.717, 1.165) is 12.1 Å². The van der Waals surface area contributed by atoms with Crippen LogP contribution < -0.4 is 0 Å². The molecular formula is C9H5F3O2. The van der Waals surface area contributed by atoms with Crippen LogP contribution in [-0.4, -0.2) is 5.11 Å². The van der Waals surface area contributed by atoms with Crippen LogP contribution in [0.5, 0.6) is 5.75 Å². The number of benzene rings is 1. The number of furan rings is 1. The molecule has 5 heteroatoms. The molecule has 0 aliphatic carbocycles. The summed E-state index contributed by atoms with van der Waals surface area (Å²) in [5, 5.41) is 9.32. The second-order valence-corrected chi connectivity index (χ2v) is 2.83. The van der Waals surface area contributed by atoms with E-state index in [1.54, 1.807) is 0 Å². The van der Waals surface area contributed by atoms with Crippen molar-refractivity contribution in [1.82, 2.24) is 0 Å². The number of hydrogen-bond acceptors (Lipinski definition) is 2. The Labute approximate surface area is 76.6 Å². The van der Waals surface area contributed by atoms with Crippen molar-refractivity contribution in [3.63, 3.8) is 0 Å². The molecule has 0 bridgehead atoms. The Kier molecular flexibility index (Phi) is 1.70. The van der Waals surface area contributed by atoms with Gasteiger partial charge in [0.25, 0.3) is 0 Å². The molecule has 74 valence electrons. The Balaban J connectivity index is 2.63. The zero-order valence-corrected chi connectivity index (χ0v) is 6.80. The lowest BCUT2D eigenvalue weighted by Crippen LogP contribution is -2.01. The van der Waals surface area contributed by atoms with Crippen LogP contribution in [0.15, 0.2) is 28.7 Å². The van der Waals surface area contributed by atoms with Gasteiger partial charge in [-0.15, -0.1) is 0 Å². The Morgan fingerprint density at radius 1 is 1.14 bits per heavy atom. The lowest BCUT2D eigenvalue weighted by molar-refractivity contribution is -0.152. The molecule has 0 spiro atoms. The molecule has 2 nitrogen and oxygen atoms in total. The number of fused-ring (bicyclic) bond motifs is 1. The lowest BCUT2D eigenvalue weighted by atomic mass is 10.2. The fraction of sp³-hybridized carbons (Fsp3) is 0.111. The van der Waals surface area contributed by atoms with Crippen molar-refractivity contribution < 1.29 is 22.7 Å². The van der Waals surface area contributed by atoms with E-state index in [9.17, 15) is 13.2 Å². The standard InChI is InChI=1S/C9H5F3O2/c10-9(11,12)8-3-5-1-2-6(13)4-7(5)14-8/h1-4,13H. The highest BCUT2D eigenvalue weighted by Gasteiger charge is 2.35. The van der Waals surface area contributed by atoms with E-state index in [1.807, 2.05) is 0 Å². The van der Waals surface area contributed by atoms with Gasteiger partial charge in [-0.1, -0.05) is 0 Å². The van der Waals surface area contributed by atoms with E-state index in [1.165, 1.54) is 12.1 Å². The van der Waals surface area contributed by atoms with Crippen molar-refractivity contribution in [3.05, 3.63) is 30.0 Å². The molecule has 0 saturated carbocycles. The fourth-order valence-electron chi connectivity index (χ4n) is 1.16. The largest absolute Gasteiger partial charge is 0.508 e. The quantitative estimate of drug-likeness (QED) is 0.711. The van der Waals surface area contributed by atoms with Crippen LogP contribution >= 0.6 is 0 Å². The first-order valence-corrected chi connectivity index (χ1v) is 3.76. The predicted octanol–water partition coefficient (Wildman–Crippen LogP) is 3.16. The number of aromatic hydroxyl groups is 1. The Morgan fingerprint density at radius 3 is 2.50 bits per heavy atom. The summed E-state index contributed by atoms with van der Waals surface area (Å²) in [4.78, 5) is 0. The second-order valence-electron chi connectivity index (χ2n) is 2.83. The molecule has 1 aromatic carbocycles. The molecule has 1 heterocycles. The summed E-state index contributed by atoms with van der Waals surface area (Å²) in [5.41, 5.74) is 0.0253. The normalized spacial score (nSPS) is 12.2. The van der Waals surface area contributed by atoms with Crippen LogP contribution in [0.1, 0.15) is 5.76 Å². The number of phenolic OH excluding ortho intramolecular Hbond substituents is 1. The SMILES string of the molecule is Oc1ccc2cc(C(F)(F)F)oc2c1. The van der Waals surface area contributed by atoms with Crippen LogP contribution in [0.2, 0.25) is 0 Å². The van der Waals surface area contributed by atoms with Gasteiger partial charge in [-0.05, 0) is 18.2 Å². The summed E-state index contributed by atoms with van der Waals surface area (Å²) >= 11 is 0. The minimum Gasteiger partial charge on any atom is -0.508 e. The lowest BCUT2D eigenvalue weighted by Gasteiger charge is -1.98. The maximum atomic E-state index is 12.2. The predicted molar refractivity (Wildman–Crippen MR) is 42.9 cm³/mol. The Bertz CT molecular complexity index is 470. The highest BCUT2D eigenvalue weighted by molar-refractivity contribution is 5.79. The van der Waals surface area contributed by atoms with Crippen LogP contribution in [0.25, 0.3) is 11.0 Å². The highest BCUT2D eigenvalue weighted by Crippen LogP contribution is 2.34. The third-order valence-corrected chi connectivity index (χ3v) is 1.78. The molecule has 1 aromatic heterocycles. The molecule has 2 aromatic rings. The van der Waals surface area contributed by atoms with Crippen LogP contribution in [0.4, 0.5) is 13.2 Å². The van der Waals surface area contributed by atoms with Crippen LogP contribution in [-0.2, 0) is 6.18 Å². The molecule has 0 fully saturated rings. The number of halogens is 3. The van der Waals surface area contributed by atoms with E-state index in [4.69, 9.17) is 5.11 Å². The topological polar surface area (TPSA) is 33.4 Å². The second kappa shape index (κ2) is 2.67. The summed E-state index contributed by atoms with van der Waals surface area (Å²) in [6.45, 7) is 0. The first-order chi connectivity index (χ1) is 6.47. The first kappa shape index (κ1) is 8.93. The molecule has 0 atom stereocenters. The Hall–Kier alpha value is -1.65. The van der Waals surface area contributed by atoms with E-state index in [2.05, 4.69) is 4.42 Å². The summed E-state index contributed by atoms with van der Waals surface area (Å²) < 4.78 is 41.0. The molecule has 14 heavy (non-hydrogen) atoms. The number of phenols is 1. The van der Waals surface area contributed by atoms with E-state index in [-0.39, 0.29) is 11.3 Å². The highest BCUT2D eigenvalue weighted by atomic mass is 19.4. The summed E-state index contributed by atoms with van der Waals surface area (Å²) in [7, 11) is 0. The van der Waals surface area contributed by atoms with E-state index < -0.39 is 11.9 Å². The van der Waals surface area contributed by atoms with Crippen molar-refractivity contribution in [3.8, 4) is 5.75 Å². The Morgan fingerprint density at radius 2 is 1.86 bits per heavy atom. The van der Waals surface area contributed by atoms with Gasteiger partial charge in [0.1, 0.15) is 11.3 Å². The number of rotatable bonds is 0. The zero-order chi connectivity index (χ0) is 10.3. The van der Waals surface area contributed by atoms with Crippen LogP contribution in [0.3, 0.4) is 0 Å².